The zero-order valence-corrected chi connectivity index (χ0v) is 21.7. The molecule has 2 heterocycles. The van der Waals surface area contributed by atoms with Crippen molar-refractivity contribution in [2.45, 2.75) is 0 Å². The number of nitrogens with two attached hydrogens (primary N) is 1. The molecular formula is C25H33N7O3S. The number of likely N-dealkylation sites (N-methyl/N-ethyl adjacent to an activating group) is 1. The van der Waals surface area contributed by atoms with Crippen LogP contribution in [0, 0.1) is 0 Å². The summed E-state index contributed by atoms with van der Waals surface area (Å²) in [4.78, 5) is 27.8. The van der Waals surface area contributed by atoms with Crippen LogP contribution in [0.1, 0.15) is 15.2 Å². The lowest BCUT2D eigenvalue weighted by atomic mass is 10.1. The van der Waals surface area contributed by atoms with Crippen molar-refractivity contribution in [1.82, 2.24) is 9.88 Å². The number of rotatable bonds is 11. The van der Waals surface area contributed by atoms with E-state index in [0.29, 0.717) is 34.4 Å². The highest BCUT2D eigenvalue weighted by Gasteiger charge is 2.20. The maximum Gasteiger partial charge on any atom is 0.206 e. The number of nitrogen functional groups attached to an aromatic ring is 1. The fourth-order valence-electron chi connectivity index (χ4n) is 3.94. The third-order valence-electron chi connectivity index (χ3n) is 5.96. The number of nitrogens with zero attached hydrogens (tertiary/aromatic N) is 3. The Hall–Kier alpha value is -3.38. The molecule has 11 heteroatoms. The highest BCUT2D eigenvalue weighted by Crippen LogP contribution is 2.32. The van der Waals surface area contributed by atoms with E-state index in [1.807, 2.05) is 18.2 Å². The summed E-state index contributed by atoms with van der Waals surface area (Å²) in [5.74, 6) is -0.00355. The van der Waals surface area contributed by atoms with Crippen LogP contribution in [0.15, 0.2) is 42.5 Å². The maximum atomic E-state index is 13.2. The van der Waals surface area contributed by atoms with Gasteiger partial charge in [0.05, 0.1) is 25.1 Å². The molecule has 0 radical (unpaired) electrons. The predicted molar refractivity (Wildman–Crippen MR) is 147 cm³/mol. The lowest BCUT2D eigenvalue weighted by Crippen LogP contribution is -2.44. The number of aromatic nitrogens is 1. The van der Waals surface area contributed by atoms with Crippen LogP contribution in [0.3, 0.4) is 0 Å². The summed E-state index contributed by atoms with van der Waals surface area (Å²) in [6, 6.07) is 13.5. The third kappa shape index (κ3) is 6.24. The first kappa shape index (κ1) is 25.7. The van der Waals surface area contributed by atoms with E-state index in [-0.39, 0.29) is 11.6 Å². The number of hydrogen-bond acceptors (Lipinski definition) is 11. The molecule has 0 atom stereocenters. The number of carbonyl (C=O) groups excluding carboxylic acids is 1. The second-order valence-electron chi connectivity index (χ2n) is 8.51. The van der Waals surface area contributed by atoms with Gasteiger partial charge >= 0.3 is 0 Å². The number of thiazole rings is 1. The Labute approximate surface area is 215 Å². The van der Waals surface area contributed by atoms with Gasteiger partial charge in [0.15, 0.2) is 5.13 Å². The first-order chi connectivity index (χ1) is 17.5. The van der Waals surface area contributed by atoms with Gasteiger partial charge in [0.1, 0.15) is 10.7 Å². The number of hydrogen-bond donors (Lipinski definition) is 4. The molecule has 1 aliphatic rings. The highest BCUT2D eigenvalue weighted by molar-refractivity contribution is 7.18. The summed E-state index contributed by atoms with van der Waals surface area (Å²) in [6.45, 7) is 5.33. The van der Waals surface area contributed by atoms with Crippen LogP contribution in [0.2, 0.25) is 0 Å². The molecule has 3 aromatic rings. The average Bonchev–Trinajstić information content (AvgIpc) is 3.25. The van der Waals surface area contributed by atoms with E-state index in [4.69, 9.17) is 15.3 Å². The zero-order chi connectivity index (χ0) is 25.5. The molecule has 5 N–H and O–H groups in total. The molecule has 0 unspecified atom stereocenters. The normalized spacial score (nSPS) is 14.0. The maximum absolute atomic E-state index is 13.2. The Kier molecular flexibility index (Phi) is 8.60. The van der Waals surface area contributed by atoms with Crippen molar-refractivity contribution >= 4 is 50.8 Å². The van der Waals surface area contributed by atoms with Gasteiger partial charge in [-0.1, -0.05) is 11.3 Å². The standard InChI is InChI=1S/C25H33N7O3S/c1-31-11-13-32(14-12-31)19-7-5-18(6-8-19)28-25-29-24(26)23(36-25)22(33)17-4-9-20(27-10-15-34-2)21(16-17)30-35-3/h4-9,16,27,30H,10-15,26H2,1-3H3,(H,28,29). The fourth-order valence-corrected chi connectivity index (χ4v) is 4.81. The molecule has 0 amide bonds. The smallest absolute Gasteiger partial charge is 0.206 e. The van der Waals surface area contributed by atoms with Crippen LogP contribution in [-0.4, -0.2) is 76.3 Å². The van der Waals surface area contributed by atoms with Gasteiger partial charge in [-0.05, 0) is 49.5 Å². The van der Waals surface area contributed by atoms with Gasteiger partial charge in [0.25, 0.3) is 0 Å². The van der Waals surface area contributed by atoms with Crippen LogP contribution < -0.4 is 26.7 Å². The van der Waals surface area contributed by atoms with Gasteiger partial charge in [-0.3, -0.25) is 15.1 Å². The molecule has 2 aromatic carbocycles. The lowest BCUT2D eigenvalue weighted by molar-refractivity contribution is 0.104. The monoisotopic (exact) mass is 511 g/mol. The topological polar surface area (TPSA) is 117 Å². The molecular weight excluding hydrogens is 478 g/mol. The van der Waals surface area contributed by atoms with Crippen LogP contribution in [0.4, 0.5) is 33.7 Å². The quantitative estimate of drug-likeness (QED) is 0.173. The lowest BCUT2D eigenvalue weighted by Gasteiger charge is -2.34. The van der Waals surface area contributed by atoms with E-state index in [9.17, 15) is 4.79 Å². The van der Waals surface area contributed by atoms with Crippen LogP contribution >= 0.6 is 11.3 Å². The molecule has 0 bridgehead atoms. The number of nitrogens with one attached hydrogen (secondary N) is 3. The van der Waals surface area contributed by atoms with Crippen molar-refractivity contribution < 1.29 is 14.4 Å². The molecule has 1 aliphatic heterocycles. The molecule has 1 fully saturated rings. The summed E-state index contributed by atoms with van der Waals surface area (Å²) in [5, 5.41) is 7.08. The van der Waals surface area contributed by atoms with Gasteiger partial charge < -0.3 is 30.9 Å². The second kappa shape index (κ2) is 12.0. The highest BCUT2D eigenvalue weighted by atomic mass is 32.1. The van der Waals surface area contributed by atoms with Crippen molar-refractivity contribution in [2.75, 3.05) is 87.3 Å². The SMILES string of the molecule is COCCNc1ccc(C(=O)c2sc(Nc3ccc(N4CCN(C)CC4)cc3)nc2N)cc1NOC. The van der Waals surface area contributed by atoms with E-state index in [1.54, 1.807) is 19.2 Å². The summed E-state index contributed by atoms with van der Waals surface area (Å²) in [5.41, 5.74) is 12.9. The number of anilines is 6. The summed E-state index contributed by atoms with van der Waals surface area (Å²) in [6.07, 6.45) is 0. The molecule has 192 valence electrons. The Balaban J connectivity index is 1.45. The molecule has 0 saturated carbocycles. The Morgan fingerprint density at radius 3 is 2.53 bits per heavy atom. The molecule has 1 saturated heterocycles. The van der Waals surface area contributed by atoms with E-state index in [1.165, 1.54) is 24.1 Å². The van der Waals surface area contributed by atoms with Gasteiger partial charge in [-0.15, -0.1) is 0 Å². The minimum absolute atomic E-state index is 0.199. The fraction of sp³-hybridized carbons (Fsp3) is 0.360. The van der Waals surface area contributed by atoms with E-state index < -0.39 is 0 Å². The van der Waals surface area contributed by atoms with Gasteiger partial charge in [-0.25, -0.2) is 4.98 Å². The first-order valence-electron chi connectivity index (χ1n) is 11.8. The molecule has 4 rings (SSSR count). The predicted octanol–water partition coefficient (Wildman–Crippen LogP) is 3.48. The minimum Gasteiger partial charge on any atom is -0.383 e. The molecule has 1 aromatic heterocycles. The van der Waals surface area contributed by atoms with E-state index in [0.717, 1.165) is 37.6 Å². The Morgan fingerprint density at radius 2 is 1.83 bits per heavy atom. The molecule has 0 aliphatic carbocycles. The van der Waals surface area contributed by atoms with Crippen molar-refractivity contribution in [3.8, 4) is 0 Å². The molecule has 0 spiro atoms. The minimum atomic E-state index is -0.203. The van der Waals surface area contributed by atoms with Crippen molar-refractivity contribution in [3.05, 3.63) is 52.9 Å². The number of methoxy groups -OCH3 is 1. The number of benzene rings is 2. The van der Waals surface area contributed by atoms with Gasteiger partial charge in [-0.2, -0.15) is 0 Å². The van der Waals surface area contributed by atoms with E-state index >= 15 is 0 Å². The largest absolute Gasteiger partial charge is 0.383 e. The second-order valence-corrected chi connectivity index (χ2v) is 9.51. The van der Waals surface area contributed by atoms with Gasteiger partial charge in [0.2, 0.25) is 5.78 Å². The Bertz CT molecular complexity index is 1160. The number of carbonyl (C=O) groups is 1. The van der Waals surface area contributed by atoms with Crippen LogP contribution in [-0.2, 0) is 9.57 Å². The number of ketones is 1. The average molecular weight is 512 g/mol. The molecule has 10 nitrogen and oxygen atoms in total. The number of ether oxygens (including phenoxy) is 1. The molecule has 36 heavy (non-hydrogen) atoms. The number of piperazine rings is 1. The summed E-state index contributed by atoms with van der Waals surface area (Å²) >= 11 is 1.23. The first-order valence-corrected chi connectivity index (χ1v) is 12.6. The van der Waals surface area contributed by atoms with E-state index in [2.05, 4.69) is 50.1 Å². The summed E-state index contributed by atoms with van der Waals surface area (Å²) < 4.78 is 5.08. The van der Waals surface area contributed by atoms with Crippen molar-refractivity contribution in [2.24, 2.45) is 0 Å². The van der Waals surface area contributed by atoms with Crippen molar-refractivity contribution in [1.29, 1.82) is 0 Å². The summed E-state index contributed by atoms with van der Waals surface area (Å²) in [7, 11) is 5.31. The van der Waals surface area contributed by atoms with Crippen molar-refractivity contribution in [3.63, 3.8) is 0 Å². The zero-order valence-electron chi connectivity index (χ0n) is 20.8. The van der Waals surface area contributed by atoms with Crippen LogP contribution in [0.5, 0.6) is 0 Å². The van der Waals surface area contributed by atoms with Crippen LogP contribution in [0.25, 0.3) is 0 Å². The van der Waals surface area contributed by atoms with Gasteiger partial charge in [0, 0.05) is 56.8 Å². The third-order valence-corrected chi connectivity index (χ3v) is 6.95. The Morgan fingerprint density at radius 1 is 1.08 bits per heavy atom.